The van der Waals surface area contributed by atoms with Crippen LogP contribution in [-0.4, -0.2) is 28.8 Å². The number of hydrogen-bond acceptors (Lipinski definition) is 5. The summed E-state index contributed by atoms with van der Waals surface area (Å²) in [6.07, 6.45) is -8.62. The van der Waals surface area contributed by atoms with Crippen LogP contribution in [0.1, 0.15) is 37.5 Å². The molecule has 0 fully saturated rings. The van der Waals surface area contributed by atoms with Gasteiger partial charge in [-0.05, 0) is 48.0 Å². The fraction of sp³-hybridized carbons (Fsp3) is 0.143. The van der Waals surface area contributed by atoms with Gasteiger partial charge in [0.15, 0.2) is 11.5 Å². The molecule has 0 radical (unpaired) electrons. The van der Waals surface area contributed by atoms with E-state index in [4.69, 9.17) is 0 Å². The van der Waals surface area contributed by atoms with Gasteiger partial charge in [-0.2, -0.15) is 26.3 Å². The SMILES string of the molecule is CNC(=O)c1nc(-c2cccc(C(=O)NCc3cc(C(F)(F)F)cc(C(F)(F)F)c3)c2)cnc1Nc1ccccc1. The lowest BCUT2D eigenvalue weighted by atomic mass is 10.0. The van der Waals surface area contributed by atoms with Gasteiger partial charge in [0.2, 0.25) is 0 Å². The van der Waals surface area contributed by atoms with E-state index in [2.05, 4.69) is 25.9 Å². The van der Waals surface area contributed by atoms with Crippen molar-refractivity contribution in [3.8, 4) is 11.3 Å². The number of alkyl halides is 6. The number of anilines is 2. The Morgan fingerprint density at radius 2 is 1.46 bits per heavy atom. The van der Waals surface area contributed by atoms with Crippen LogP contribution in [0.25, 0.3) is 11.3 Å². The van der Waals surface area contributed by atoms with Crippen molar-refractivity contribution in [1.82, 2.24) is 20.6 Å². The Hall–Kier alpha value is -4.94. The van der Waals surface area contributed by atoms with Crippen LogP contribution in [-0.2, 0) is 18.9 Å². The fourth-order valence-electron chi connectivity index (χ4n) is 3.78. The third-order valence-corrected chi connectivity index (χ3v) is 5.77. The topological polar surface area (TPSA) is 96.0 Å². The smallest absolute Gasteiger partial charge is 0.354 e. The highest BCUT2D eigenvalue weighted by Crippen LogP contribution is 2.36. The van der Waals surface area contributed by atoms with E-state index in [0.29, 0.717) is 23.4 Å². The van der Waals surface area contributed by atoms with E-state index in [1.165, 1.54) is 31.4 Å². The molecule has 0 bridgehead atoms. The van der Waals surface area contributed by atoms with Crippen molar-refractivity contribution in [2.24, 2.45) is 0 Å². The molecule has 41 heavy (non-hydrogen) atoms. The minimum absolute atomic E-state index is 0.0174. The highest BCUT2D eigenvalue weighted by molar-refractivity contribution is 5.98. The Morgan fingerprint density at radius 1 is 0.805 bits per heavy atom. The van der Waals surface area contributed by atoms with Crippen LogP contribution in [0.5, 0.6) is 0 Å². The van der Waals surface area contributed by atoms with Gasteiger partial charge in [-0.3, -0.25) is 9.59 Å². The Morgan fingerprint density at radius 3 is 2.07 bits per heavy atom. The third kappa shape index (κ3) is 7.18. The molecule has 1 aromatic heterocycles. The molecule has 13 heteroatoms. The first-order valence-corrected chi connectivity index (χ1v) is 11.9. The molecule has 2 amide bonds. The summed E-state index contributed by atoms with van der Waals surface area (Å²) in [6.45, 7) is -0.587. The van der Waals surface area contributed by atoms with Crippen molar-refractivity contribution in [2.75, 3.05) is 12.4 Å². The molecule has 3 aromatic carbocycles. The molecule has 4 aromatic rings. The van der Waals surface area contributed by atoms with Gasteiger partial charge in [0.05, 0.1) is 23.0 Å². The minimum atomic E-state index is -5.00. The van der Waals surface area contributed by atoms with E-state index < -0.39 is 41.8 Å². The molecule has 1 heterocycles. The molecule has 0 aliphatic rings. The summed E-state index contributed by atoms with van der Waals surface area (Å²) in [5.74, 6) is -1.09. The standard InChI is InChI=1S/C28H21F6N5O2/c1-35-26(41)23-24(38-21-8-3-2-4-9-21)36-15-22(39-23)17-6-5-7-18(12-17)25(40)37-14-16-10-19(27(29,30)31)13-20(11-16)28(32,33)34/h2-13,15H,14H2,1H3,(H,35,41)(H,36,38)(H,37,40). The number of nitrogens with zero attached hydrogens (tertiary/aromatic N) is 2. The Balaban J connectivity index is 1.57. The second-order valence-electron chi connectivity index (χ2n) is 8.70. The van der Waals surface area contributed by atoms with Gasteiger partial charge in [0, 0.05) is 30.4 Å². The Bertz CT molecular complexity index is 1540. The maximum absolute atomic E-state index is 13.1. The molecule has 0 atom stereocenters. The zero-order valence-corrected chi connectivity index (χ0v) is 21.2. The van der Waals surface area contributed by atoms with Gasteiger partial charge >= 0.3 is 12.4 Å². The number of rotatable bonds is 7. The molecule has 0 aliphatic carbocycles. The van der Waals surface area contributed by atoms with Crippen molar-refractivity contribution in [3.05, 3.63) is 107 Å². The molecule has 0 saturated heterocycles. The quantitative estimate of drug-likeness (QED) is 0.229. The molecule has 212 valence electrons. The van der Waals surface area contributed by atoms with Crippen molar-refractivity contribution >= 4 is 23.3 Å². The van der Waals surface area contributed by atoms with E-state index in [1.807, 2.05) is 6.07 Å². The number of para-hydroxylation sites is 1. The van der Waals surface area contributed by atoms with Gasteiger partial charge in [-0.25, -0.2) is 9.97 Å². The summed E-state index contributed by atoms with van der Waals surface area (Å²) in [4.78, 5) is 34.0. The van der Waals surface area contributed by atoms with Crippen molar-refractivity contribution in [1.29, 1.82) is 0 Å². The van der Waals surface area contributed by atoms with E-state index in [9.17, 15) is 35.9 Å². The molecule has 0 spiro atoms. The van der Waals surface area contributed by atoms with Crippen molar-refractivity contribution in [3.63, 3.8) is 0 Å². The Kier molecular flexibility index (Phi) is 8.26. The molecule has 7 nitrogen and oxygen atoms in total. The van der Waals surface area contributed by atoms with Crippen LogP contribution in [0.2, 0.25) is 0 Å². The largest absolute Gasteiger partial charge is 0.416 e. The maximum Gasteiger partial charge on any atom is 0.416 e. The lowest BCUT2D eigenvalue weighted by Gasteiger charge is -2.15. The van der Waals surface area contributed by atoms with Gasteiger partial charge in [0.1, 0.15) is 0 Å². The molecule has 3 N–H and O–H groups in total. The van der Waals surface area contributed by atoms with Gasteiger partial charge < -0.3 is 16.0 Å². The number of halogens is 6. The van der Waals surface area contributed by atoms with E-state index in [1.54, 1.807) is 30.3 Å². The molecule has 0 saturated carbocycles. The van der Waals surface area contributed by atoms with Crippen molar-refractivity contribution < 1.29 is 35.9 Å². The van der Waals surface area contributed by atoms with Gasteiger partial charge in [-0.1, -0.05) is 30.3 Å². The summed E-state index contributed by atoms with van der Waals surface area (Å²) in [6, 6.07) is 16.0. The zero-order valence-electron chi connectivity index (χ0n) is 21.2. The lowest BCUT2D eigenvalue weighted by Crippen LogP contribution is -2.23. The number of aromatic nitrogens is 2. The van der Waals surface area contributed by atoms with E-state index >= 15 is 0 Å². The predicted molar refractivity (Wildman–Crippen MR) is 138 cm³/mol. The molecule has 0 aliphatic heterocycles. The monoisotopic (exact) mass is 573 g/mol. The first-order valence-electron chi connectivity index (χ1n) is 11.9. The minimum Gasteiger partial charge on any atom is -0.354 e. The summed E-state index contributed by atoms with van der Waals surface area (Å²) in [5.41, 5.74) is -2.00. The predicted octanol–water partition coefficient (Wildman–Crippen LogP) is 6.21. The fourth-order valence-corrected chi connectivity index (χ4v) is 3.78. The molecule has 0 unspecified atom stereocenters. The number of benzene rings is 3. The van der Waals surface area contributed by atoms with Crippen LogP contribution in [0, 0.1) is 0 Å². The average molecular weight is 573 g/mol. The van der Waals surface area contributed by atoms with E-state index in [0.717, 1.165) is 0 Å². The van der Waals surface area contributed by atoms with E-state index in [-0.39, 0.29) is 34.4 Å². The summed E-state index contributed by atoms with van der Waals surface area (Å²) in [5, 5.41) is 7.85. The van der Waals surface area contributed by atoms with Crippen LogP contribution >= 0.6 is 0 Å². The van der Waals surface area contributed by atoms with Crippen LogP contribution < -0.4 is 16.0 Å². The number of carbonyl (C=O) groups is 2. The van der Waals surface area contributed by atoms with Crippen LogP contribution in [0.15, 0.2) is 79.0 Å². The molecular weight excluding hydrogens is 552 g/mol. The van der Waals surface area contributed by atoms with Crippen LogP contribution in [0.3, 0.4) is 0 Å². The highest BCUT2D eigenvalue weighted by Gasteiger charge is 2.36. The number of amides is 2. The second kappa shape index (κ2) is 11.7. The normalized spacial score (nSPS) is 11.6. The third-order valence-electron chi connectivity index (χ3n) is 5.77. The molecular formula is C28H21F6N5O2. The summed E-state index contributed by atoms with van der Waals surface area (Å²) < 4.78 is 78.9. The number of carbonyl (C=O) groups excluding carboxylic acids is 2. The number of nitrogens with one attached hydrogen (secondary N) is 3. The maximum atomic E-state index is 13.1. The average Bonchev–Trinajstić information content (AvgIpc) is 2.95. The van der Waals surface area contributed by atoms with Crippen molar-refractivity contribution in [2.45, 2.75) is 18.9 Å². The van der Waals surface area contributed by atoms with Gasteiger partial charge in [0.25, 0.3) is 11.8 Å². The first kappa shape index (κ1) is 29.1. The first-order chi connectivity index (χ1) is 19.3. The number of hydrogen-bond donors (Lipinski definition) is 3. The summed E-state index contributed by atoms with van der Waals surface area (Å²) >= 11 is 0. The second-order valence-corrected chi connectivity index (χ2v) is 8.70. The van der Waals surface area contributed by atoms with Gasteiger partial charge in [-0.15, -0.1) is 0 Å². The lowest BCUT2D eigenvalue weighted by molar-refractivity contribution is -0.143. The summed E-state index contributed by atoms with van der Waals surface area (Å²) in [7, 11) is 1.43. The Labute approximate surface area is 229 Å². The highest BCUT2D eigenvalue weighted by atomic mass is 19.4. The molecule has 4 rings (SSSR count). The zero-order chi connectivity index (χ0) is 29.8. The van der Waals surface area contributed by atoms with Crippen LogP contribution in [0.4, 0.5) is 37.8 Å².